The molecule has 1 fully saturated rings. The molecule has 0 radical (unpaired) electrons. The highest BCUT2D eigenvalue weighted by molar-refractivity contribution is 8.03. The standard InChI is InChI=1S/C13H14N4S2/c1-2-4-12-9(3-1)7-11(19-12)8-18-13-14-15-16-17(13)10-5-6-10/h1-4,10-11H,5-8H2. The Hall–Kier alpha value is -1.01. The second-order valence-corrected chi connectivity index (χ2v) is 7.33. The van der Waals surface area contributed by atoms with Crippen LogP contribution in [0.15, 0.2) is 34.3 Å². The Morgan fingerprint density at radius 2 is 2.21 bits per heavy atom. The van der Waals surface area contributed by atoms with Crippen LogP contribution in [0, 0.1) is 0 Å². The molecule has 19 heavy (non-hydrogen) atoms. The fourth-order valence-corrected chi connectivity index (χ4v) is 4.77. The lowest BCUT2D eigenvalue weighted by atomic mass is 10.1. The zero-order valence-corrected chi connectivity index (χ0v) is 12.0. The van der Waals surface area contributed by atoms with Crippen molar-refractivity contribution in [1.82, 2.24) is 20.2 Å². The molecule has 2 aliphatic rings. The summed E-state index contributed by atoms with van der Waals surface area (Å²) in [5.41, 5.74) is 1.49. The summed E-state index contributed by atoms with van der Waals surface area (Å²) in [6.07, 6.45) is 3.61. The fraction of sp³-hybridized carbons (Fsp3) is 0.462. The van der Waals surface area contributed by atoms with Crippen LogP contribution in [-0.4, -0.2) is 31.2 Å². The van der Waals surface area contributed by atoms with E-state index in [1.807, 2.05) is 16.4 Å². The molecule has 1 aromatic carbocycles. The van der Waals surface area contributed by atoms with Gasteiger partial charge in [-0.3, -0.25) is 0 Å². The molecule has 0 amide bonds. The SMILES string of the molecule is c1ccc2c(c1)CC(CSc1nnnn1C1CC1)S2. The molecule has 98 valence electrons. The van der Waals surface area contributed by atoms with E-state index in [9.17, 15) is 0 Å². The number of tetrazole rings is 1. The van der Waals surface area contributed by atoms with Gasteiger partial charge in [0.1, 0.15) is 0 Å². The summed E-state index contributed by atoms with van der Waals surface area (Å²) in [6, 6.07) is 9.27. The lowest BCUT2D eigenvalue weighted by molar-refractivity contribution is 0.565. The van der Waals surface area contributed by atoms with Crippen molar-refractivity contribution in [2.24, 2.45) is 0 Å². The zero-order valence-electron chi connectivity index (χ0n) is 10.4. The van der Waals surface area contributed by atoms with E-state index < -0.39 is 0 Å². The van der Waals surface area contributed by atoms with E-state index in [-0.39, 0.29) is 0 Å². The molecule has 2 aromatic rings. The second-order valence-electron chi connectivity index (χ2n) is 5.00. The summed E-state index contributed by atoms with van der Waals surface area (Å²) in [6.45, 7) is 0. The third-order valence-electron chi connectivity index (χ3n) is 3.47. The smallest absolute Gasteiger partial charge is 0.209 e. The van der Waals surface area contributed by atoms with E-state index in [0.717, 1.165) is 10.9 Å². The number of hydrogen-bond acceptors (Lipinski definition) is 5. The normalized spacial score (nSPS) is 21.6. The highest BCUT2D eigenvalue weighted by Crippen LogP contribution is 2.40. The number of fused-ring (bicyclic) bond motifs is 1. The van der Waals surface area contributed by atoms with Crippen molar-refractivity contribution >= 4 is 23.5 Å². The summed E-state index contributed by atoms with van der Waals surface area (Å²) in [5.74, 6) is 1.08. The lowest BCUT2D eigenvalue weighted by Crippen LogP contribution is -2.06. The first-order valence-corrected chi connectivity index (χ1v) is 8.42. The van der Waals surface area contributed by atoms with Gasteiger partial charge in [0.25, 0.3) is 0 Å². The molecule has 4 rings (SSSR count). The summed E-state index contributed by atoms with van der Waals surface area (Å²) < 4.78 is 2.00. The highest BCUT2D eigenvalue weighted by Gasteiger charge is 2.29. The maximum atomic E-state index is 4.14. The van der Waals surface area contributed by atoms with Crippen LogP contribution in [0.25, 0.3) is 0 Å². The van der Waals surface area contributed by atoms with E-state index in [1.165, 1.54) is 29.7 Å². The maximum absolute atomic E-state index is 4.14. The molecule has 6 heteroatoms. The van der Waals surface area contributed by atoms with Crippen LogP contribution in [-0.2, 0) is 6.42 Å². The number of benzene rings is 1. The minimum atomic E-state index is 0.561. The molecule has 1 atom stereocenters. The van der Waals surface area contributed by atoms with Crippen LogP contribution in [0.4, 0.5) is 0 Å². The molecule has 1 aliphatic carbocycles. The molecule has 4 nitrogen and oxygen atoms in total. The second kappa shape index (κ2) is 4.83. The van der Waals surface area contributed by atoms with Crippen LogP contribution < -0.4 is 0 Å². The van der Waals surface area contributed by atoms with Crippen LogP contribution >= 0.6 is 23.5 Å². The van der Waals surface area contributed by atoms with Crippen LogP contribution in [0.1, 0.15) is 24.4 Å². The average molecular weight is 290 g/mol. The van der Waals surface area contributed by atoms with E-state index in [1.54, 1.807) is 11.8 Å². The van der Waals surface area contributed by atoms with Gasteiger partial charge in [0.05, 0.1) is 6.04 Å². The van der Waals surface area contributed by atoms with Crippen molar-refractivity contribution in [3.8, 4) is 0 Å². The van der Waals surface area contributed by atoms with Crippen molar-refractivity contribution < 1.29 is 0 Å². The van der Waals surface area contributed by atoms with Crippen LogP contribution in [0.2, 0.25) is 0 Å². The predicted octanol–water partition coefficient (Wildman–Crippen LogP) is 2.82. The summed E-state index contributed by atoms with van der Waals surface area (Å²) >= 11 is 3.79. The molecule has 1 saturated carbocycles. The Bertz CT molecular complexity index is 569. The van der Waals surface area contributed by atoms with Gasteiger partial charge in [-0.25, -0.2) is 4.68 Å². The Balaban J connectivity index is 1.40. The number of nitrogens with zero attached hydrogens (tertiary/aromatic N) is 4. The molecule has 1 unspecified atom stereocenters. The first-order valence-electron chi connectivity index (χ1n) is 6.55. The number of thioether (sulfide) groups is 2. The van der Waals surface area contributed by atoms with Gasteiger partial charge in [-0.1, -0.05) is 30.0 Å². The summed E-state index contributed by atoms with van der Waals surface area (Å²) in [4.78, 5) is 1.44. The van der Waals surface area contributed by atoms with Gasteiger partial charge >= 0.3 is 0 Å². The summed E-state index contributed by atoms with van der Waals surface area (Å²) in [7, 11) is 0. The Morgan fingerprint density at radius 3 is 3.05 bits per heavy atom. The quantitative estimate of drug-likeness (QED) is 0.810. The van der Waals surface area contributed by atoms with E-state index >= 15 is 0 Å². The fourth-order valence-electron chi connectivity index (χ4n) is 2.34. The third kappa shape index (κ3) is 2.39. The first kappa shape index (κ1) is 11.8. The molecule has 0 saturated heterocycles. The number of aromatic nitrogens is 4. The maximum Gasteiger partial charge on any atom is 0.209 e. The summed E-state index contributed by atoms with van der Waals surface area (Å²) in [5, 5.41) is 13.7. The van der Waals surface area contributed by atoms with E-state index in [4.69, 9.17) is 0 Å². The molecular weight excluding hydrogens is 276 g/mol. The van der Waals surface area contributed by atoms with Gasteiger partial charge < -0.3 is 0 Å². The van der Waals surface area contributed by atoms with E-state index in [0.29, 0.717) is 11.3 Å². The topological polar surface area (TPSA) is 43.6 Å². The van der Waals surface area contributed by atoms with Gasteiger partial charge in [0.15, 0.2) is 0 Å². The van der Waals surface area contributed by atoms with Crippen LogP contribution in [0.5, 0.6) is 0 Å². The molecule has 1 aromatic heterocycles. The lowest BCUT2D eigenvalue weighted by Gasteiger charge is -2.07. The molecule has 0 spiro atoms. The Kier molecular flexibility index (Phi) is 3.00. The van der Waals surface area contributed by atoms with Gasteiger partial charge in [-0.15, -0.1) is 16.9 Å². The van der Waals surface area contributed by atoms with E-state index in [2.05, 4.69) is 39.8 Å². The first-order chi connectivity index (χ1) is 9.40. The third-order valence-corrected chi connectivity index (χ3v) is 6.09. The molecule has 1 aliphatic heterocycles. The molecule has 0 N–H and O–H groups in total. The van der Waals surface area contributed by atoms with Crippen molar-refractivity contribution in [2.75, 3.05) is 5.75 Å². The Labute approximate surface area is 120 Å². The Morgan fingerprint density at radius 1 is 1.32 bits per heavy atom. The van der Waals surface area contributed by atoms with Crippen molar-refractivity contribution in [1.29, 1.82) is 0 Å². The highest BCUT2D eigenvalue weighted by atomic mass is 32.2. The van der Waals surface area contributed by atoms with Gasteiger partial charge in [0, 0.05) is 15.9 Å². The monoisotopic (exact) mass is 290 g/mol. The van der Waals surface area contributed by atoms with Gasteiger partial charge in [0.2, 0.25) is 5.16 Å². The van der Waals surface area contributed by atoms with Crippen LogP contribution in [0.3, 0.4) is 0 Å². The van der Waals surface area contributed by atoms with Crippen molar-refractivity contribution in [2.45, 2.75) is 40.6 Å². The zero-order chi connectivity index (χ0) is 12.7. The minimum Gasteiger partial charge on any atom is -0.217 e. The van der Waals surface area contributed by atoms with Gasteiger partial charge in [-0.05, 0) is 41.3 Å². The molecular formula is C13H14N4S2. The average Bonchev–Trinajstić information content (AvgIpc) is 3.03. The van der Waals surface area contributed by atoms with Gasteiger partial charge in [-0.2, -0.15) is 0 Å². The molecule has 0 bridgehead atoms. The predicted molar refractivity (Wildman–Crippen MR) is 76.6 cm³/mol. The largest absolute Gasteiger partial charge is 0.217 e. The minimum absolute atomic E-state index is 0.561. The van der Waals surface area contributed by atoms with Crippen molar-refractivity contribution in [3.05, 3.63) is 29.8 Å². The number of rotatable bonds is 4. The molecule has 2 heterocycles. The number of hydrogen-bond donors (Lipinski definition) is 0. The van der Waals surface area contributed by atoms with Crippen molar-refractivity contribution in [3.63, 3.8) is 0 Å².